The number of rotatable bonds is 2. The quantitative estimate of drug-likeness (QED) is 0.741. The number of hydrogen-bond donors (Lipinski definition) is 1. The van der Waals surface area contributed by atoms with Gasteiger partial charge in [-0.05, 0) is 61.8 Å². The summed E-state index contributed by atoms with van der Waals surface area (Å²) < 4.78 is 1.87. The number of fused-ring (bicyclic) bond motifs is 1. The minimum absolute atomic E-state index is 0.181. The molecular formula is C22H21ClN4. The molecule has 0 radical (unpaired) electrons. The smallest absolute Gasteiger partial charge is 0.152 e. The number of benzene rings is 1. The zero-order chi connectivity index (χ0) is 18.6. The molecule has 0 saturated heterocycles. The molecule has 0 bridgehead atoms. The lowest BCUT2D eigenvalue weighted by molar-refractivity contribution is 0.709. The van der Waals surface area contributed by atoms with E-state index in [1.54, 1.807) is 0 Å². The average Bonchev–Trinajstić information content (AvgIpc) is 3.43. The minimum atomic E-state index is -0.181. The topological polar surface area (TPSA) is 53.6 Å². The molecule has 3 aliphatic rings. The van der Waals surface area contributed by atoms with Gasteiger partial charge < -0.3 is 5.32 Å². The normalized spacial score (nSPS) is 20.2. The van der Waals surface area contributed by atoms with Crippen molar-refractivity contribution >= 4 is 23.1 Å². The van der Waals surface area contributed by atoms with E-state index in [9.17, 15) is 5.26 Å². The molecule has 27 heavy (non-hydrogen) atoms. The number of allylic oxidation sites excluding steroid dienone is 3. The van der Waals surface area contributed by atoms with E-state index in [4.69, 9.17) is 16.7 Å². The Hall–Kier alpha value is -2.51. The maximum atomic E-state index is 9.97. The highest BCUT2D eigenvalue weighted by molar-refractivity contribution is 6.30. The number of anilines is 1. The molecule has 136 valence electrons. The minimum Gasteiger partial charge on any atom is -0.342 e. The SMILES string of the molecule is C=C1C2=C(CCCCC2)Nc2c(C#N)c(C3(c4ccc(Cl)cc4)CC3)nn21. The van der Waals surface area contributed by atoms with Crippen LogP contribution in [-0.2, 0) is 5.41 Å². The lowest BCUT2D eigenvalue weighted by Gasteiger charge is -2.24. The Kier molecular flexibility index (Phi) is 3.70. The molecule has 1 aromatic carbocycles. The second-order valence-corrected chi connectivity index (χ2v) is 8.21. The van der Waals surface area contributed by atoms with Gasteiger partial charge in [0.25, 0.3) is 0 Å². The van der Waals surface area contributed by atoms with Crippen molar-refractivity contribution in [1.82, 2.24) is 9.78 Å². The third-order valence-electron chi connectivity index (χ3n) is 6.19. The molecule has 2 aromatic rings. The summed E-state index contributed by atoms with van der Waals surface area (Å²) >= 11 is 6.07. The first-order valence-corrected chi connectivity index (χ1v) is 10.0. The van der Waals surface area contributed by atoms with E-state index >= 15 is 0 Å². The van der Waals surface area contributed by atoms with Crippen LogP contribution in [0.25, 0.3) is 5.70 Å². The molecule has 2 aliphatic carbocycles. The molecule has 2 heterocycles. The first-order chi connectivity index (χ1) is 13.1. The van der Waals surface area contributed by atoms with Crippen LogP contribution in [0.5, 0.6) is 0 Å². The Balaban J connectivity index is 1.62. The molecule has 5 rings (SSSR count). The maximum Gasteiger partial charge on any atom is 0.152 e. The van der Waals surface area contributed by atoms with Crippen molar-refractivity contribution in [2.75, 3.05) is 5.32 Å². The Morgan fingerprint density at radius 3 is 2.59 bits per heavy atom. The maximum absolute atomic E-state index is 9.97. The number of nitriles is 1. The lowest BCUT2D eigenvalue weighted by atomic mass is 9.90. The van der Waals surface area contributed by atoms with Crippen LogP contribution >= 0.6 is 11.6 Å². The van der Waals surface area contributed by atoms with Gasteiger partial charge in [0, 0.05) is 16.1 Å². The summed E-state index contributed by atoms with van der Waals surface area (Å²) in [6.45, 7) is 4.33. The fourth-order valence-corrected chi connectivity index (χ4v) is 4.66. The molecule has 1 fully saturated rings. The summed E-state index contributed by atoms with van der Waals surface area (Å²) in [5.41, 5.74) is 5.95. The van der Waals surface area contributed by atoms with Crippen LogP contribution in [-0.4, -0.2) is 9.78 Å². The van der Waals surface area contributed by atoms with Gasteiger partial charge in [-0.3, -0.25) is 0 Å². The van der Waals surface area contributed by atoms with E-state index in [1.807, 2.05) is 16.8 Å². The van der Waals surface area contributed by atoms with Gasteiger partial charge in [0.2, 0.25) is 0 Å². The van der Waals surface area contributed by atoms with E-state index in [-0.39, 0.29) is 5.41 Å². The number of nitrogens with zero attached hydrogens (tertiary/aromatic N) is 3. The van der Waals surface area contributed by atoms with Gasteiger partial charge in [0.05, 0.1) is 11.4 Å². The lowest BCUT2D eigenvalue weighted by Crippen LogP contribution is -2.17. The molecule has 1 aliphatic heterocycles. The van der Waals surface area contributed by atoms with E-state index in [0.717, 1.165) is 47.9 Å². The van der Waals surface area contributed by atoms with E-state index < -0.39 is 0 Å². The predicted molar refractivity (Wildman–Crippen MR) is 107 cm³/mol. The Morgan fingerprint density at radius 2 is 1.89 bits per heavy atom. The first kappa shape index (κ1) is 16.6. The summed E-state index contributed by atoms with van der Waals surface area (Å²) in [4.78, 5) is 0. The molecule has 4 nitrogen and oxygen atoms in total. The van der Waals surface area contributed by atoms with Gasteiger partial charge in [-0.25, -0.2) is 4.68 Å². The van der Waals surface area contributed by atoms with Crippen LogP contribution in [0.15, 0.2) is 42.1 Å². The van der Waals surface area contributed by atoms with Crippen molar-refractivity contribution in [3.63, 3.8) is 0 Å². The Labute approximate surface area is 164 Å². The van der Waals surface area contributed by atoms with Crippen LogP contribution in [0.2, 0.25) is 5.02 Å². The van der Waals surface area contributed by atoms with Crippen molar-refractivity contribution < 1.29 is 0 Å². The number of halogens is 1. The summed E-state index contributed by atoms with van der Waals surface area (Å²) in [6.07, 6.45) is 7.64. The van der Waals surface area contributed by atoms with Crippen molar-refractivity contribution in [2.45, 2.75) is 50.4 Å². The molecule has 0 unspecified atom stereocenters. The average molecular weight is 377 g/mol. The standard InChI is InChI=1S/C22H21ClN4/c1-14-17-5-3-2-4-6-19(17)25-21-18(13-24)20(26-27(14)21)22(11-12-22)15-7-9-16(23)10-8-15/h7-10,25H,1-6,11-12H2. The number of aromatic nitrogens is 2. The highest BCUT2D eigenvalue weighted by Gasteiger charge is 2.50. The number of nitrogens with one attached hydrogen (secondary N) is 1. The summed E-state index contributed by atoms with van der Waals surface area (Å²) in [7, 11) is 0. The molecule has 1 aromatic heterocycles. The van der Waals surface area contributed by atoms with Gasteiger partial charge >= 0.3 is 0 Å². The van der Waals surface area contributed by atoms with E-state index in [2.05, 4.69) is 30.1 Å². The zero-order valence-electron chi connectivity index (χ0n) is 15.2. The van der Waals surface area contributed by atoms with Crippen molar-refractivity contribution in [1.29, 1.82) is 5.26 Å². The van der Waals surface area contributed by atoms with Crippen LogP contribution in [0, 0.1) is 11.3 Å². The monoisotopic (exact) mass is 376 g/mol. The Bertz CT molecular complexity index is 1020. The highest BCUT2D eigenvalue weighted by Crippen LogP contribution is 2.55. The predicted octanol–water partition coefficient (Wildman–Crippen LogP) is 5.60. The molecule has 0 atom stereocenters. The fraction of sp³-hybridized carbons (Fsp3) is 0.364. The van der Waals surface area contributed by atoms with Crippen LogP contribution < -0.4 is 5.32 Å². The first-order valence-electron chi connectivity index (χ1n) is 9.62. The second-order valence-electron chi connectivity index (χ2n) is 7.77. The van der Waals surface area contributed by atoms with Crippen LogP contribution in [0.1, 0.15) is 61.8 Å². The van der Waals surface area contributed by atoms with Gasteiger partial charge in [-0.15, -0.1) is 0 Å². The van der Waals surface area contributed by atoms with E-state index in [0.29, 0.717) is 5.56 Å². The fourth-order valence-electron chi connectivity index (χ4n) is 4.54. The molecule has 0 spiro atoms. The largest absolute Gasteiger partial charge is 0.342 e. The van der Waals surface area contributed by atoms with Crippen molar-refractivity contribution in [2.24, 2.45) is 0 Å². The molecule has 5 heteroatoms. The van der Waals surface area contributed by atoms with E-state index in [1.165, 1.54) is 36.1 Å². The van der Waals surface area contributed by atoms with Gasteiger partial charge in [0.1, 0.15) is 11.6 Å². The zero-order valence-corrected chi connectivity index (χ0v) is 15.9. The van der Waals surface area contributed by atoms with Crippen LogP contribution in [0.4, 0.5) is 5.82 Å². The van der Waals surface area contributed by atoms with Crippen LogP contribution in [0.3, 0.4) is 0 Å². The third-order valence-corrected chi connectivity index (χ3v) is 6.44. The van der Waals surface area contributed by atoms with Crippen molar-refractivity contribution in [3.05, 3.63) is 64.0 Å². The van der Waals surface area contributed by atoms with Gasteiger partial charge in [-0.2, -0.15) is 10.4 Å². The second kappa shape index (κ2) is 6.00. The highest BCUT2D eigenvalue weighted by atomic mass is 35.5. The number of hydrogen-bond acceptors (Lipinski definition) is 3. The summed E-state index contributed by atoms with van der Waals surface area (Å²) in [5, 5.41) is 19.2. The molecular weight excluding hydrogens is 356 g/mol. The molecule has 0 amide bonds. The Morgan fingerprint density at radius 1 is 1.15 bits per heavy atom. The molecule has 1 N–H and O–H groups in total. The van der Waals surface area contributed by atoms with Gasteiger partial charge in [-0.1, -0.05) is 36.7 Å². The third kappa shape index (κ3) is 2.45. The molecule has 1 saturated carbocycles. The summed E-state index contributed by atoms with van der Waals surface area (Å²) in [6, 6.07) is 10.4. The van der Waals surface area contributed by atoms with Crippen molar-refractivity contribution in [3.8, 4) is 6.07 Å². The van der Waals surface area contributed by atoms with Gasteiger partial charge in [0.15, 0.2) is 5.82 Å². The summed E-state index contributed by atoms with van der Waals surface area (Å²) in [5.74, 6) is 0.790.